The Balaban J connectivity index is 1.40. The smallest absolute Gasteiger partial charge is 0.323 e. The van der Waals surface area contributed by atoms with E-state index in [1.807, 2.05) is 50.2 Å². The number of rotatable bonds is 4. The van der Waals surface area contributed by atoms with Crippen molar-refractivity contribution in [3.8, 4) is 5.75 Å². The lowest BCUT2D eigenvalue weighted by molar-refractivity contribution is 0.262. The predicted molar refractivity (Wildman–Crippen MR) is 114 cm³/mol. The number of hydrogen-bond acceptors (Lipinski definition) is 6. The predicted octanol–water partition coefficient (Wildman–Crippen LogP) is 4.29. The number of benzene rings is 2. The molecule has 2 amide bonds. The van der Waals surface area contributed by atoms with E-state index in [9.17, 15) is 4.79 Å². The number of urea groups is 1. The van der Waals surface area contributed by atoms with E-state index in [-0.39, 0.29) is 6.03 Å². The van der Waals surface area contributed by atoms with Gasteiger partial charge in [0, 0.05) is 17.1 Å². The zero-order valence-electron chi connectivity index (χ0n) is 16.2. The van der Waals surface area contributed by atoms with Crippen molar-refractivity contribution in [2.75, 3.05) is 34.4 Å². The van der Waals surface area contributed by atoms with E-state index in [1.54, 1.807) is 0 Å². The number of fused-ring (bicyclic) bond motifs is 1. The average molecular weight is 390 g/mol. The normalized spacial score (nSPS) is 12.2. The van der Waals surface area contributed by atoms with Crippen LogP contribution in [0.25, 0.3) is 0 Å². The number of hydrogen-bond donors (Lipinski definition) is 4. The minimum Gasteiger partial charge on any atom is -0.485 e. The van der Waals surface area contributed by atoms with Crippen LogP contribution in [0.15, 0.2) is 48.8 Å². The maximum atomic E-state index is 12.3. The third-order valence-electron chi connectivity index (χ3n) is 4.33. The summed E-state index contributed by atoms with van der Waals surface area (Å²) >= 11 is 0. The fraction of sp³-hybridized carbons (Fsp3) is 0.190. The molecule has 8 nitrogen and oxygen atoms in total. The monoisotopic (exact) mass is 390 g/mol. The standard InChI is InChI=1S/C21H22N6O2/c1-13-9-14(2)11-17(10-13)27-21(28)26-16-5-3-15(4-6-16)25-20-18-19(23-12-24-20)22-7-8-29-18/h3-6,9-12H,7-8H2,1-2H3,(H2,26,27,28)(H2,22,23,24,25). The van der Waals surface area contributed by atoms with E-state index in [2.05, 4.69) is 37.3 Å². The van der Waals surface area contributed by atoms with Gasteiger partial charge in [-0.25, -0.2) is 14.8 Å². The maximum Gasteiger partial charge on any atom is 0.323 e. The third kappa shape index (κ3) is 4.55. The van der Waals surface area contributed by atoms with Crippen molar-refractivity contribution in [3.63, 3.8) is 0 Å². The van der Waals surface area contributed by atoms with Gasteiger partial charge in [0.2, 0.25) is 5.75 Å². The molecule has 4 N–H and O–H groups in total. The number of aryl methyl sites for hydroxylation is 2. The Bertz CT molecular complexity index is 1020. The van der Waals surface area contributed by atoms with Gasteiger partial charge < -0.3 is 26.0 Å². The number of anilines is 5. The van der Waals surface area contributed by atoms with Crippen LogP contribution < -0.4 is 26.0 Å². The zero-order valence-corrected chi connectivity index (χ0v) is 16.2. The van der Waals surface area contributed by atoms with Gasteiger partial charge in [0.25, 0.3) is 0 Å². The van der Waals surface area contributed by atoms with Gasteiger partial charge in [-0.3, -0.25) is 0 Å². The van der Waals surface area contributed by atoms with Crippen molar-refractivity contribution in [2.45, 2.75) is 13.8 Å². The summed E-state index contributed by atoms with van der Waals surface area (Å²) in [7, 11) is 0. The number of aromatic nitrogens is 2. The van der Waals surface area contributed by atoms with Gasteiger partial charge in [-0.1, -0.05) is 6.07 Å². The first-order valence-electron chi connectivity index (χ1n) is 9.32. The largest absolute Gasteiger partial charge is 0.485 e. The molecular formula is C21H22N6O2. The molecule has 1 aliphatic rings. The average Bonchev–Trinajstić information content (AvgIpc) is 2.69. The molecule has 2 heterocycles. The first kappa shape index (κ1) is 18.5. The molecule has 8 heteroatoms. The molecule has 0 fully saturated rings. The van der Waals surface area contributed by atoms with E-state index in [0.717, 1.165) is 22.5 Å². The summed E-state index contributed by atoms with van der Waals surface area (Å²) < 4.78 is 5.66. The highest BCUT2D eigenvalue weighted by atomic mass is 16.5. The molecule has 0 aliphatic carbocycles. The highest BCUT2D eigenvalue weighted by Gasteiger charge is 2.16. The van der Waals surface area contributed by atoms with Gasteiger partial charge in [0.15, 0.2) is 11.6 Å². The van der Waals surface area contributed by atoms with Gasteiger partial charge in [0.1, 0.15) is 12.9 Å². The van der Waals surface area contributed by atoms with Gasteiger partial charge in [-0.15, -0.1) is 0 Å². The minimum absolute atomic E-state index is 0.292. The van der Waals surface area contributed by atoms with E-state index < -0.39 is 0 Å². The van der Waals surface area contributed by atoms with Crippen molar-refractivity contribution in [1.82, 2.24) is 9.97 Å². The summed E-state index contributed by atoms with van der Waals surface area (Å²) in [5, 5.41) is 12.1. The van der Waals surface area contributed by atoms with E-state index in [4.69, 9.17) is 4.74 Å². The number of carbonyl (C=O) groups is 1. The van der Waals surface area contributed by atoms with Crippen LogP contribution in [-0.2, 0) is 0 Å². The molecule has 4 rings (SSSR count). The summed E-state index contributed by atoms with van der Waals surface area (Å²) in [6.07, 6.45) is 1.48. The van der Waals surface area contributed by atoms with Crippen LogP contribution in [-0.4, -0.2) is 29.2 Å². The Kier molecular flexibility index (Phi) is 5.15. The summed E-state index contributed by atoms with van der Waals surface area (Å²) in [4.78, 5) is 20.7. The topological polar surface area (TPSA) is 100 Å². The van der Waals surface area contributed by atoms with Crippen LogP contribution in [0.3, 0.4) is 0 Å². The number of nitrogens with one attached hydrogen (secondary N) is 4. The maximum absolute atomic E-state index is 12.3. The van der Waals surface area contributed by atoms with Gasteiger partial charge in [0.05, 0.1) is 6.54 Å². The lowest BCUT2D eigenvalue weighted by Gasteiger charge is -2.20. The van der Waals surface area contributed by atoms with Crippen LogP contribution in [0.5, 0.6) is 5.75 Å². The Morgan fingerprint density at radius 1 is 0.966 bits per heavy atom. The molecule has 2 aromatic carbocycles. The van der Waals surface area contributed by atoms with Gasteiger partial charge in [-0.05, 0) is 61.4 Å². The highest BCUT2D eigenvalue weighted by molar-refractivity contribution is 6.00. The summed E-state index contributed by atoms with van der Waals surface area (Å²) in [6.45, 7) is 5.27. The molecule has 0 bridgehead atoms. The van der Waals surface area contributed by atoms with Gasteiger partial charge >= 0.3 is 6.03 Å². The minimum atomic E-state index is -0.292. The van der Waals surface area contributed by atoms with E-state index in [1.165, 1.54) is 6.33 Å². The van der Waals surface area contributed by atoms with Crippen LogP contribution >= 0.6 is 0 Å². The number of carbonyl (C=O) groups excluding carboxylic acids is 1. The molecule has 29 heavy (non-hydrogen) atoms. The highest BCUT2D eigenvalue weighted by Crippen LogP contribution is 2.33. The summed E-state index contributed by atoms with van der Waals surface area (Å²) in [6, 6.07) is 13.0. The molecule has 0 radical (unpaired) electrons. The van der Waals surface area contributed by atoms with Crippen molar-refractivity contribution >= 4 is 34.7 Å². The molecule has 3 aromatic rings. The first-order valence-corrected chi connectivity index (χ1v) is 9.32. The second-order valence-electron chi connectivity index (χ2n) is 6.83. The van der Waals surface area contributed by atoms with Crippen molar-refractivity contribution in [3.05, 3.63) is 59.9 Å². The van der Waals surface area contributed by atoms with Gasteiger partial charge in [-0.2, -0.15) is 0 Å². The fourth-order valence-electron chi connectivity index (χ4n) is 3.16. The number of ether oxygens (including phenoxy) is 1. The molecule has 0 spiro atoms. The summed E-state index contributed by atoms with van der Waals surface area (Å²) in [5.74, 6) is 1.87. The van der Waals surface area contributed by atoms with Crippen LogP contribution in [0.2, 0.25) is 0 Å². The second kappa shape index (κ2) is 8.05. The Labute approximate surface area is 168 Å². The second-order valence-corrected chi connectivity index (χ2v) is 6.83. The molecular weight excluding hydrogens is 368 g/mol. The van der Waals surface area contributed by atoms with E-state index in [0.29, 0.717) is 36.2 Å². The van der Waals surface area contributed by atoms with Crippen molar-refractivity contribution in [2.24, 2.45) is 0 Å². The lowest BCUT2D eigenvalue weighted by Crippen LogP contribution is -2.20. The quantitative estimate of drug-likeness (QED) is 0.530. The lowest BCUT2D eigenvalue weighted by atomic mass is 10.1. The molecule has 0 saturated carbocycles. The Hall–Kier alpha value is -3.81. The molecule has 0 unspecified atom stereocenters. The summed E-state index contributed by atoms with van der Waals surface area (Å²) in [5.41, 5.74) is 4.46. The Morgan fingerprint density at radius 3 is 2.41 bits per heavy atom. The zero-order chi connectivity index (χ0) is 20.2. The molecule has 148 valence electrons. The van der Waals surface area contributed by atoms with Crippen LogP contribution in [0, 0.1) is 13.8 Å². The third-order valence-corrected chi connectivity index (χ3v) is 4.33. The van der Waals surface area contributed by atoms with E-state index >= 15 is 0 Å². The first-order chi connectivity index (χ1) is 14.1. The van der Waals surface area contributed by atoms with Crippen molar-refractivity contribution in [1.29, 1.82) is 0 Å². The number of amides is 2. The molecule has 0 saturated heterocycles. The molecule has 1 aromatic heterocycles. The number of nitrogens with zero attached hydrogens (tertiary/aromatic N) is 2. The fourth-order valence-corrected chi connectivity index (χ4v) is 3.16. The SMILES string of the molecule is Cc1cc(C)cc(NC(=O)Nc2ccc(Nc3ncnc4c3OCCN4)cc2)c1. The van der Waals surface area contributed by atoms with Crippen LogP contribution in [0.1, 0.15) is 11.1 Å². The molecule has 0 atom stereocenters. The van der Waals surface area contributed by atoms with Crippen molar-refractivity contribution < 1.29 is 9.53 Å². The molecule has 1 aliphatic heterocycles. The Morgan fingerprint density at radius 2 is 1.66 bits per heavy atom. The van der Waals surface area contributed by atoms with Crippen LogP contribution in [0.4, 0.5) is 33.5 Å².